The number of amides is 1. The summed E-state index contributed by atoms with van der Waals surface area (Å²) in [5.74, 6) is 0.493. The molecule has 1 aliphatic rings. The summed E-state index contributed by atoms with van der Waals surface area (Å²) in [4.78, 5) is 11.9. The Morgan fingerprint density at radius 2 is 2.17 bits per heavy atom. The predicted octanol–water partition coefficient (Wildman–Crippen LogP) is 0.976. The van der Waals surface area contributed by atoms with Gasteiger partial charge >= 0.3 is 0 Å². The number of aryl methyl sites for hydroxylation is 2. The van der Waals surface area contributed by atoms with Gasteiger partial charge in [0.2, 0.25) is 0 Å². The van der Waals surface area contributed by atoms with E-state index in [0.29, 0.717) is 17.7 Å². The summed E-state index contributed by atoms with van der Waals surface area (Å²) in [7, 11) is 1.84. The maximum Gasteiger partial charge on any atom is 0.271 e. The molecule has 0 radical (unpaired) electrons. The minimum absolute atomic E-state index is 0.0754. The maximum absolute atomic E-state index is 11.9. The Morgan fingerprint density at radius 1 is 1.50 bits per heavy atom. The van der Waals surface area contributed by atoms with Crippen LogP contribution in [0.1, 0.15) is 41.9 Å². The maximum atomic E-state index is 11.9. The van der Waals surface area contributed by atoms with Gasteiger partial charge in [-0.25, -0.2) is 0 Å². The molecule has 1 aromatic rings. The predicted molar refractivity (Wildman–Crippen MR) is 70.2 cm³/mol. The van der Waals surface area contributed by atoms with Crippen molar-refractivity contribution in [3.05, 3.63) is 17.5 Å². The fraction of sp³-hybridized carbons (Fsp3) is 0.692. The fourth-order valence-electron chi connectivity index (χ4n) is 2.39. The summed E-state index contributed by atoms with van der Waals surface area (Å²) >= 11 is 0. The van der Waals surface area contributed by atoms with E-state index in [1.54, 1.807) is 4.68 Å². The number of hydrogen-bond acceptors (Lipinski definition) is 3. The van der Waals surface area contributed by atoms with Crippen molar-refractivity contribution < 1.29 is 4.79 Å². The molecule has 2 rings (SSSR count). The van der Waals surface area contributed by atoms with Gasteiger partial charge in [0.05, 0.1) is 0 Å². The van der Waals surface area contributed by atoms with Crippen molar-refractivity contribution in [2.75, 3.05) is 6.54 Å². The zero-order chi connectivity index (χ0) is 13.1. The molecule has 1 fully saturated rings. The first-order chi connectivity index (χ1) is 8.56. The number of carbonyl (C=O) groups is 1. The Labute approximate surface area is 108 Å². The average Bonchev–Trinajstić information content (AvgIpc) is 2.69. The van der Waals surface area contributed by atoms with Crippen molar-refractivity contribution in [2.24, 2.45) is 18.7 Å². The molecule has 0 aliphatic heterocycles. The lowest BCUT2D eigenvalue weighted by Crippen LogP contribution is -2.34. The first-order valence-electron chi connectivity index (χ1n) is 6.60. The number of rotatable bonds is 3. The largest absolute Gasteiger partial charge is 0.350 e. The summed E-state index contributed by atoms with van der Waals surface area (Å²) in [5, 5.41) is 7.14. The minimum atomic E-state index is -0.0754. The average molecular weight is 250 g/mol. The van der Waals surface area contributed by atoms with Crippen LogP contribution in [-0.2, 0) is 7.05 Å². The van der Waals surface area contributed by atoms with Gasteiger partial charge in [0.15, 0.2) is 0 Å². The van der Waals surface area contributed by atoms with Gasteiger partial charge in [-0.05, 0) is 44.6 Å². The number of carbonyl (C=O) groups excluding carboxylic acids is 1. The smallest absolute Gasteiger partial charge is 0.271 e. The van der Waals surface area contributed by atoms with Crippen molar-refractivity contribution in [3.63, 3.8) is 0 Å². The van der Waals surface area contributed by atoms with Gasteiger partial charge in [-0.1, -0.05) is 0 Å². The molecule has 0 unspecified atom stereocenters. The van der Waals surface area contributed by atoms with Crippen LogP contribution in [-0.4, -0.2) is 28.3 Å². The first-order valence-corrected chi connectivity index (χ1v) is 6.60. The van der Waals surface area contributed by atoms with Gasteiger partial charge in [0.25, 0.3) is 5.91 Å². The number of nitrogens with one attached hydrogen (secondary N) is 1. The molecule has 0 bridgehead atoms. The summed E-state index contributed by atoms with van der Waals surface area (Å²) in [6.07, 6.45) is 4.37. The Morgan fingerprint density at radius 3 is 2.72 bits per heavy atom. The standard InChI is InChI=1S/C13H22N4O/c1-9-7-12(16-17(9)2)13(18)15-8-10-3-5-11(14)6-4-10/h7,10-11H,3-6,8,14H2,1-2H3,(H,15,18). The molecular weight excluding hydrogens is 228 g/mol. The SMILES string of the molecule is Cc1cc(C(=O)NCC2CCC(N)CC2)nn1C. The molecule has 1 heterocycles. The van der Waals surface area contributed by atoms with Crippen molar-refractivity contribution in [3.8, 4) is 0 Å². The monoisotopic (exact) mass is 250 g/mol. The molecule has 5 nitrogen and oxygen atoms in total. The highest BCUT2D eigenvalue weighted by atomic mass is 16.1. The van der Waals surface area contributed by atoms with Gasteiger partial charge in [-0.3, -0.25) is 9.48 Å². The van der Waals surface area contributed by atoms with Crippen LogP contribution in [0, 0.1) is 12.8 Å². The Hall–Kier alpha value is -1.36. The molecule has 18 heavy (non-hydrogen) atoms. The second kappa shape index (κ2) is 5.52. The molecule has 0 spiro atoms. The quantitative estimate of drug-likeness (QED) is 0.839. The lowest BCUT2D eigenvalue weighted by Gasteiger charge is -2.25. The van der Waals surface area contributed by atoms with Crippen LogP contribution in [0.25, 0.3) is 0 Å². The molecule has 1 aliphatic carbocycles. The van der Waals surface area contributed by atoms with E-state index < -0.39 is 0 Å². The topological polar surface area (TPSA) is 72.9 Å². The molecular formula is C13H22N4O. The van der Waals surface area contributed by atoms with E-state index in [2.05, 4.69) is 10.4 Å². The zero-order valence-electron chi connectivity index (χ0n) is 11.1. The Bertz CT molecular complexity index is 399. The highest BCUT2D eigenvalue weighted by Crippen LogP contribution is 2.22. The van der Waals surface area contributed by atoms with Gasteiger partial charge < -0.3 is 11.1 Å². The van der Waals surface area contributed by atoms with E-state index in [1.807, 2.05) is 20.0 Å². The molecule has 0 atom stereocenters. The van der Waals surface area contributed by atoms with Crippen LogP contribution in [0.3, 0.4) is 0 Å². The van der Waals surface area contributed by atoms with E-state index in [1.165, 1.54) is 0 Å². The van der Waals surface area contributed by atoms with E-state index in [4.69, 9.17) is 5.73 Å². The van der Waals surface area contributed by atoms with Crippen molar-refractivity contribution in [2.45, 2.75) is 38.6 Å². The summed E-state index contributed by atoms with van der Waals surface area (Å²) < 4.78 is 1.72. The van der Waals surface area contributed by atoms with E-state index in [-0.39, 0.29) is 5.91 Å². The van der Waals surface area contributed by atoms with Crippen molar-refractivity contribution >= 4 is 5.91 Å². The third-order valence-electron chi connectivity index (χ3n) is 3.79. The van der Waals surface area contributed by atoms with Crippen LogP contribution in [0.4, 0.5) is 0 Å². The third kappa shape index (κ3) is 3.10. The molecule has 5 heteroatoms. The lowest BCUT2D eigenvalue weighted by atomic mass is 9.86. The number of hydrogen-bond donors (Lipinski definition) is 2. The number of aromatic nitrogens is 2. The van der Waals surface area contributed by atoms with Crippen LogP contribution in [0.5, 0.6) is 0 Å². The summed E-state index contributed by atoms with van der Waals surface area (Å²) in [5.41, 5.74) is 7.36. The molecule has 1 amide bonds. The molecule has 1 aromatic heterocycles. The molecule has 0 saturated heterocycles. The van der Waals surface area contributed by atoms with E-state index in [0.717, 1.165) is 37.9 Å². The molecule has 100 valence electrons. The highest BCUT2D eigenvalue weighted by Gasteiger charge is 2.19. The lowest BCUT2D eigenvalue weighted by molar-refractivity contribution is 0.0937. The molecule has 0 aromatic carbocycles. The highest BCUT2D eigenvalue weighted by molar-refractivity contribution is 5.92. The van der Waals surface area contributed by atoms with Gasteiger partial charge in [0, 0.05) is 25.3 Å². The van der Waals surface area contributed by atoms with Gasteiger partial charge in [-0.15, -0.1) is 0 Å². The van der Waals surface area contributed by atoms with E-state index >= 15 is 0 Å². The normalized spacial score (nSPS) is 23.9. The zero-order valence-corrected chi connectivity index (χ0v) is 11.1. The Kier molecular flexibility index (Phi) is 4.01. The second-order valence-electron chi connectivity index (χ2n) is 5.29. The number of nitrogens with two attached hydrogens (primary N) is 1. The minimum Gasteiger partial charge on any atom is -0.350 e. The fourth-order valence-corrected chi connectivity index (χ4v) is 2.39. The van der Waals surface area contributed by atoms with Crippen LogP contribution >= 0.6 is 0 Å². The van der Waals surface area contributed by atoms with Crippen LogP contribution in [0.2, 0.25) is 0 Å². The number of nitrogens with zero attached hydrogens (tertiary/aromatic N) is 2. The van der Waals surface area contributed by atoms with Crippen molar-refractivity contribution in [1.82, 2.24) is 15.1 Å². The van der Waals surface area contributed by atoms with Gasteiger partial charge in [-0.2, -0.15) is 5.10 Å². The van der Waals surface area contributed by atoms with E-state index in [9.17, 15) is 4.79 Å². The first kappa shape index (κ1) is 13.1. The van der Waals surface area contributed by atoms with Gasteiger partial charge in [0.1, 0.15) is 5.69 Å². The van der Waals surface area contributed by atoms with Crippen LogP contribution < -0.4 is 11.1 Å². The summed E-state index contributed by atoms with van der Waals surface area (Å²) in [6, 6.07) is 2.17. The van der Waals surface area contributed by atoms with Crippen molar-refractivity contribution in [1.29, 1.82) is 0 Å². The second-order valence-corrected chi connectivity index (χ2v) is 5.29. The molecule has 1 saturated carbocycles. The van der Waals surface area contributed by atoms with Crippen LogP contribution in [0.15, 0.2) is 6.07 Å². The third-order valence-corrected chi connectivity index (χ3v) is 3.79. The molecule has 3 N–H and O–H groups in total. The Balaban J connectivity index is 1.81. The summed E-state index contributed by atoms with van der Waals surface area (Å²) in [6.45, 7) is 2.67.